The van der Waals surface area contributed by atoms with E-state index in [-0.39, 0.29) is 58.5 Å². The molecule has 0 aliphatic heterocycles. The van der Waals surface area contributed by atoms with Crippen LogP contribution < -0.4 is 51.7 Å². The molecule has 6 rings (SSSR count). The number of rotatable bonds is 16. The molecule has 0 aliphatic rings. The van der Waals surface area contributed by atoms with Gasteiger partial charge in [-0.15, -0.1) is 0 Å². The fourth-order valence-electron chi connectivity index (χ4n) is 6.35. The number of hydrogen-bond donors (Lipinski definition) is 5. The van der Waals surface area contributed by atoms with E-state index in [9.17, 15) is 14.7 Å². The third-order valence-electron chi connectivity index (χ3n) is 9.45. The summed E-state index contributed by atoms with van der Waals surface area (Å²) in [6.45, 7) is 11.1. The van der Waals surface area contributed by atoms with Crippen LogP contribution in [0, 0.1) is 13.8 Å². The molecule has 16 heteroatoms. The minimum atomic E-state index is -0.928. The summed E-state index contributed by atoms with van der Waals surface area (Å²) in [5.74, 6) is 0.682. The summed E-state index contributed by atoms with van der Waals surface area (Å²) >= 11 is 0. The standard InChI is InChI=1S/C21H27N5O2.C20H25N5O2.Na.H2O/c1-4-5-6-10-23-19-18-17(24-21(22)25-19)9-11-26(18)13-16-12-15(20(27)28-3)8-7-14(16)2;1-3-4-5-9-22-18-17-16(23-20(21)24-18)8-10-25(17)12-15-11-14(19(26)27)7-6-13(15)2;;/h7-9,11-12H,4-6,10,13H2,1-3H3,(H3,22,23,24,25);6-8,10-11H,3-5,9,12H2,1-2H3,(H,26,27)(H3,21,22,23,24);;1H2/q;;+1;/p-1. The zero-order valence-electron chi connectivity index (χ0n) is 33.8. The number of anilines is 4. The molecule has 0 radical (unpaired) electrons. The molecule has 0 amide bonds. The third-order valence-corrected chi connectivity index (χ3v) is 9.45. The second-order valence-corrected chi connectivity index (χ2v) is 13.6. The molecular weight excluding hydrogens is 736 g/mol. The van der Waals surface area contributed by atoms with Crippen LogP contribution in [0.25, 0.3) is 22.1 Å². The van der Waals surface area contributed by atoms with Gasteiger partial charge >= 0.3 is 41.5 Å². The zero-order chi connectivity index (χ0) is 39.5. The average Bonchev–Trinajstić information content (AvgIpc) is 3.76. The molecule has 0 aliphatic carbocycles. The number of nitrogen functional groups attached to an aromatic ring is 2. The Kier molecular flexibility index (Phi) is 17.7. The summed E-state index contributed by atoms with van der Waals surface area (Å²) in [7, 11) is 1.39. The fraction of sp³-hybridized carbons (Fsp3) is 0.366. The molecule has 4 aromatic heterocycles. The topological polar surface area (TPSA) is 231 Å². The SMILES string of the molecule is CCCCCNc1nc(N)nc2ccn(Cc3cc(C(=O)O)ccc3C)c12.CCCCCNc1nc(N)nc2ccn(Cc3cc(C(=O)OC)ccc3C)c12.[Na+].[OH-]. The van der Waals surface area contributed by atoms with Crippen LogP contribution in [-0.2, 0) is 17.8 Å². The van der Waals surface area contributed by atoms with Gasteiger partial charge in [0.15, 0.2) is 11.6 Å². The number of carboxylic acid groups (broad SMARTS) is 1. The first-order chi connectivity index (χ1) is 26.5. The van der Waals surface area contributed by atoms with E-state index in [0.29, 0.717) is 24.5 Å². The van der Waals surface area contributed by atoms with Crippen molar-refractivity contribution in [2.24, 2.45) is 0 Å². The molecule has 57 heavy (non-hydrogen) atoms. The van der Waals surface area contributed by atoms with Crippen molar-refractivity contribution >= 4 is 57.5 Å². The van der Waals surface area contributed by atoms with Gasteiger partial charge in [0.25, 0.3) is 0 Å². The zero-order valence-corrected chi connectivity index (χ0v) is 35.8. The van der Waals surface area contributed by atoms with E-state index in [1.165, 1.54) is 7.11 Å². The number of nitrogens with zero attached hydrogens (tertiary/aromatic N) is 6. The summed E-state index contributed by atoms with van der Waals surface area (Å²) in [6.07, 6.45) is 10.7. The van der Waals surface area contributed by atoms with Crippen molar-refractivity contribution < 1.29 is 54.5 Å². The number of carbonyl (C=O) groups is 2. The van der Waals surface area contributed by atoms with Gasteiger partial charge in [0.05, 0.1) is 29.3 Å². The van der Waals surface area contributed by atoms with Crippen molar-refractivity contribution in [2.75, 3.05) is 42.3 Å². The molecule has 0 saturated heterocycles. The number of esters is 1. The van der Waals surface area contributed by atoms with E-state index in [0.717, 1.165) is 102 Å². The normalized spacial score (nSPS) is 10.6. The molecule has 4 heterocycles. The predicted molar refractivity (Wildman–Crippen MR) is 221 cm³/mol. The fourth-order valence-corrected chi connectivity index (χ4v) is 6.35. The Balaban J connectivity index is 0.000000295. The van der Waals surface area contributed by atoms with Crippen LogP contribution in [0.2, 0.25) is 0 Å². The first-order valence-corrected chi connectivity index (χ1v) is 18.8. The Morgan fingerprint density at radius 2 is 1.14 bits per heavy atom. The summed E-state index contributed by atoms with van der Waals surface area (Å²) < 4.78 is 8.96. The third kappa shape index (κ3) is 11.9. The van der Waals surface area contributed by atoms with Gasteiger partial charge < -0.3 is 46.6 Å². The Bertz CT molecular complexity index is 2270. The maximum Gasteiger partial charge on any atom is 1.00 e. The number of unbranched alkanes of at least 4 members (excludes halogenated alkanes) is 4. The van der Waals surface area contributed by atoms with Crippen LogP contribution in [0.4, 0.5) is 23.5 Å². The number of carboxylic acids is 1. The summed E-state index contributed by atoms with van der Waals surface area (Å²) in [5.41, 5.74) is 20.0. The van der Waals surface area contributed by atoms with Crippen LogP contribution in [0.5, 0.6) is 0 Å². The monoisotopic (exact) mass is 788 g/mol. The number of aromatic nitrogens is 6. The molecule has 0 bridgehead atoms. The number of nitrogens with two attached hydrogens (primary N) is 2. The molecule has 0 fully saturated rings. The van der Waals surface area contributed by atoms with Crippen molar-refractivity contribution in [3.8, 4) is 0 Å². The molecule has 6 aromatic rings. The van der Waals surface area contributed by atoms with Gasteiger partial charge in [-0.1, -0.05) is 51.7 Å². The number of methoxy groups -OCH3 is 1. The van der Waals surface area contributed by atoms with Crippen LogP contribution >= 0.6 is 0 Å². The number of hydrogen-bond acceptors (Lipinski definition) is 12. The number of nitrogens with one attached hydrogen (secondary N) is 2. The number of ether oxygens (including phenoxy) is 1. The van der Waals surface area contributed by atoms with Gasteiger partial charge in [-0.2, -0.15) is 9.97 Å². The van der Waals surface area contributed by atoms with Crippen molar-refractivity contribution in [3.05, 3.63) is 94.3 Å². The molecule has 0 spiro atoms. The van der Waals surface area contributed by atoms with Gasteiger partial charge in [-0.25, -0.2) is 19.6 Å². The average molecular weight is 789 g/mol. The van der Waals surface area contributed by atoms with Crippen LogP contribution in [0.15, 0.2) is 60.9 Å². The molecule has 8 N–H and O–H groups in total. The van der Waals surface area contributed by atoms with Gasteiger partial charge in [-0.3, -0.25) is 0 Å². The van der Waals surface area contributed by atoms with E-state index in [1.807, 2.05) is 61.1 Å². The molecule has 15 nitrogen and oxygen atoms in total. The maximum atomic E-state index is 11.9. The summed E-state index contributed by atoms with van der Waals surface area (Å²) in [5, 5.41) is 16.0. The quantitative estimate of drug-likeness (QED) is 0.0525. The minimum Gasteiger partial charge on any atom is -0.870 e. The van der Waals surface area contributed by atoms with E-state index in [1.54, 1.807) is 18.2 Å². The molecule has 0 atom stereocenters. The van der Waals surface area contributed by atoms with Crippen molar-refractivity contribution in [3.63, 3.8) is 0 Å². The van der Waals surface area contributed by atoms with Crippen molar-refractivity contribution in [1.29, 1.82) is 0 Å². The summed E-state index contributed by atoms with van der Waals surface area (Å²) in [6, 6.07) is 14.6. The first-order valence-electron chi connectivity index (χ1n) is 18.8. The van der Waals surface area contributed by atoms with Crippen LogP contribution in [0.3, 0.4) is 0 Å². The maximum absolute atomic E-state index is 11.9. The molecule has 298 valence electrons. The van der Waals surface area contributed by atoms with Gasteiger partial charge in [0.1, 0.15) is 11.0 Å². The number of aryl methyl sites for hydroxylation is 2. The number of aromatic carboxylic acids is 1. The molecule has 2 aromatic carbocycles. The Hall–Kier alpha value is -5.22. The van der Waals surface area contributed by atoms with Crippen molar-refractivity contribution in [2.45, 2.75) is 79.3 Å². The molecule has 0 unspecified atom stereocenters. The van der Waals surface area contributed by atoms with E-state index in [2.05, 4.69) is 49.0 Å². The summed E-state index contributed by atoms with van der Waals surface area (Å²) in [4.78, 5) is 40.7. The number of fused-ring (bicyclic) bond motifs is 2. The predicted octanol–water partition coefficient (Wildman–Crippen LogP) is 4.26. The van der Waals surface area contributed by atoms with E-state index < -0.39 is 5.97 Å². The smallest absolute Gasteiger partial charge is 0.870 e. The van der Waals surface area contributed by atoms with Crippen LogP contribution in [-0.4, -0.2) is 71.8 Å². The molecule has 0 saturated carbocycles. The van der Waals surface area contributed by atoms with Crippen molar-refractivity contribution in [1.82, 2.24) is 29.1 Å². The van der Waals surface area contributed by atoms with Gasteiger partial charge in [0.2, 0.25) is 11.9 Å². The Labute approximate surface area is 355 Å². The Morgan fingerprint density at radius 3 is 1.56 bits per heavy atom. The second kappa shape index (κ2) is 21.9. The van der Waals surface area contributed by atoms with E-state index >= 15 is 0 Å². The number of carbonyl (C=O) groups excluding carboxylic acids is 1. The first kappa shape index (κ1) is 46.2. The second-order valence-electron chi connectivity index (χ2n) is 13.6. The number of benzene rings is 2. The Morgan fingerprint density at radius 1 is 0.702 bits per heavy atom. The van der Waals surface area contributed by atoms with E-state index in [4.69, 9.17) is 16.2 Å². The van der Waals surface area contributed by atoms with Crippen LogP contribution in [0.1, 0.15) is 95.3 Å². The van der Waals surface area contributed by atoms with Gasteiger partial charge in [0, 0.05) is 38.6 Å². The minimum absolute atomic E-state index is 0. The van der Waals surface area contributed by atoms with Gasteiger partial charge in [-0.05, 0) is 85.3 Å². The largest absolute Gasteiger partial charge is 1.00 e. The molecular formula is C41H53N10NaO5.